The molecule has 1 fully saturated rings. The van der Waals surface area contributed by atoms with E-state index in [2.05, 4.69) is 56.4 Å². The maximum atomic E-state index is 4.88. The summed E-state index contributed by atoms with van der Waals surface area (Å²) in [6, 6.07) is 4.95. The lowest BCUT2D eigenvalue weighted by Crippen LogP contribution is -2.33. The van der Waals surface area contributed by atoms with E-state index in [1.807, 2.05) is 12.4 Å². The van der Waals surface area contributed by atoms with E-state index in [0.29, 0.717) is 12.1 Å². The fourth-order valence-electron chi connectivity index (χ4n) is 3.58. The minimum absolute atomic E-state index is 0.327. The highest BCUT2D eigenvalue weighted by molar-refractivity contribution is 5.87. The minimum Gasteiger partial charge on any atom is -0.366 e. The fourth-order valence-corrected chi connectivity index (χ4v) is 3.58. The molecule has 132 valence electrons. The number of likely N-dealkylation sites (tertiary alicyclic amines) is 1. The van der Waals surface area contributed by atoms with Gasteiger partial charge in [-0.1, -0.05) is 6.42 Å². The normalized spacial score (nSPS) is 18.9. The lowest BCUT2D eigenvalue weighted by molar-refractivity contribution is 0.134. The molecule has 3 N–H and O–H groups in total. The van der Waals surface area contributed by atoms with Crippen molar-refractivity contribution in [3.63, 3.8) is 0 Å². The van der Waals surface area contributed by atoms with Crippen molar-refractivity contribution >= 4 is 16.9 Å². The average Bonchev–Trinajstić information content (AvgIpc) is 3.25. The van der Waals surface area contributed by atoms with E-state index in [1.54, 1.807) is 0 Å². The number of aromatic nitrogens is 5. The molecule has 0 amide bonds. The van der Waals surface area contributed by atoms with Gasteiger partial charge in [0.1, 0.15) is 5.82 Å². The summed E-state index contributed by atoms with van der Waals surface area (Å²) in [5, 5.41) is 11.9. The van der Waals surface area contributed by atoms with Crippen molar-refractivity contribution in [3.05, 3.63) is 36.0 Å². The molecular weight excluding hydrogens is 314 g/mol. The van der Waals surface area contributed by atoms with Gasteiger partial charge in [0.25, 0.3) is 0 Å². The monoisotopic (exact) mass is 339 g/mol. The molecule has 0 bridgehead atoms. The van der Waals surface area contributed by atoms with Gasteiger partial charge in [-0.3, -0.25) is 10.00 Å². The maximum absolute atomic E-state index is 4.88. The number of rotatable bonds is 5. The molecule has 0 radical (unpaired) electrons. The van der Waals surface area contributed by atoms with Crippen LogP contribution < -0.4 is 5.32 Å². The number of hydrogen-bond acceptors (Lipinski definition) is 5. The van der Waals surface area contributed by atoms with Crippen LogP contribution in [-0.4, -0.2) is 42.6 Å². The van der Waals surface area contributed by atoms with Crippen LogP contribution in [0.3, 0.4) is 0 Å². The van der Waals surface area contributed by atoms with Crippen molar-refractivity contribution in [2.75, 3.05) is 11.9 Å². The molecule has 0 spiro atoms. The van der Waals surface area contributed by atoms with Gasteiger partial charge in [0, 0.05) is 18.4 Å². The second-order valence-corrected chi connectivity index (χ2v) is 7.02. The van der Waals surface area contributed by atoms with Crippen LogP contribution in [0.1, 0.15) is 50.7 Å². The maximum Gasteiger partial charge on any atom is 0.157 e. The lowest BCUT2D eigenvalue weighted by atomic mass is 9.98. The van der Waals surface area contributed by atoms with Crippen molar-refractivity contribution in [2.45, 2.75) is 51.7 Å². The lowest BCUT2D eigenvalue weighted by Gasteiger charge is -2.34. The summed E-state index contributed by atoms with van der Waals surface area (Å²) in [5.74, 6) is 1.89. The van der Waals surface area contributed by atoms with E-state index < -0.39 is 0 Å². The van der Waals surface area contributed by atoms with Crippen molar-refractivity contribution in [1.29, 1.82) is 0 Å². The Morgan fingerprint density at radius 3 is 3.04 bits per heavy atom. The third kappa shape index (κ3) is 3.37. The summed E-state index contributed by atoms with van der Waals surface area (Å²) >= 11 is 0. The molecule has 1 aliphatic rings. The molecule has 0 aromatic carbocycles. The van der Waals surface area contributed by atoms with Crippen molar-refractivity contribution in [2.24, 2.45) is 0 Å². The van der Waals surface area contributed by atoms with Crippen LogP contribution in [0.4, 0.5) is 5.82 Å². The van der Waals surface area contributed by atoms with Crippen molar-refractivity contribution in [1.82, 2.24) is 30.0 Å². The summed E-state index contributed by atoms with van der Waals surface area (Å²) in [6.07, 6.45) is 7.29. The number of anilines is 1. The number of fused-ring (bicyclic) bond motifs is 1. The zero-order chi connectivity index (χ0) is 17.2. The van der Waals surface area contributed by atoms with Crippen molar-refractivity contribution < 1.29 is 0 Å². The van der Waals surface area contributed by atoms with E-state index in [4.69, 9.17) is 4.98 Å². The predicted octanol–water partition coefficient (Wildman–Crippen LogP) is 3.23. The molecule has 4 heterocycles. The van der Waals surface area contributed by atoms with E-state index in [1.165, 1.54) is 12.8 Å². The van der Waals surface area contributed by atoms with E-state index in [9.17, 15) is 0 Å². The Hall–Kier alpha value is -2.41. The first kappa shape index (κ1) is 16.1. The summed E-state index contributed by atoms with van der Waals surface area (Å²) < 4.78 is 0. The van der Waals surface area contributed by atoms with Crippen molar-refractivity contribution in [3.8, 4) is 0 Å². The van der Waals surface area contributed by atoms with Gasteiger partial charge in [0.15, 0.2) is 11.5 Å². The molecule has 25 heavy (non-hydrogen) atoms. The number of hydrogen-bond donors (Lipinski definition) is 3. The zero-order valence-electron chi connectivity index (χ0n) is 14.8. The molecule has 7 heteroatoms. The van der Waals surface area contributed by atoms with Crippen LogP contribution >= 0.6 is 0 Å². The Bertz CT molecular complexity index is 821. The number of pyridine rings is 1. The molecule has 1 saturated heterocycles. The predicted molar refractivity (Wildman–Crippen MR) is 98.2 cm³/mol. The second-order valence-electron chi connectivity index (χ2n) is 7.02. The highest BCUT2D eigenvalue weighted by Gasteiger charge is 2.26. The van der Waals surface area contributed by atoms with Gasteiger partial charge in [-0.15, -0.1) is 0 Å². The first-order chi connectivity index (χ1) is 12.2. The average molecular weight is 339 g/mol. The highest BCUT2D eigenvalue weighted by Crippen LogP contribution is 2.32. The standard InChI is InChI=1S/C18H25N7/c1-12(2)21-17-13-6-7-14(22-18(13)24-23-17)15-5-3-4-10-25(15)11-16-19-8-9-20-16/h6-9,12,15H,3-5,10-11H2,1-2H3,(H,19,20)(H2,21,22,23,24)/t15-/m1/s1. The van der Waals surface area contributed by atoms with Gasteiger partial charge in [-0.2, -0.15) is 5.10 Å². The zero-order valence-corrected chi connectivity index (χ0v) is 14.8. The Morgan fingerprint density at radius 2 is 2.24 bits per heavy atom. The summed E-state index contributed by atoms with van der Waals surface area (Å²) in [7, 11) is 0. The number of imidazole rings is 1. The molecular formula is C18H25N7. The number of aromatic amines is 2. The van der Waals surface area contributed by atoms with E-state index >= 15 is 0 Å². The first-order valence-corrected chi connectivity index (χ1v) is 9.04. The Kier molecular flexibility index (Phi) is 4.40. The molecule has 4 rings (SSSR count). The van der Waals surface area contributed by atoms with Gasteiger partial charge in [0.2, 0.25) is 0 Å². The number of nitrogens with one attached hydrogen (secondary N) is 3. The third-order valence-corrected chi connectivity index (χ3v) is 4.73. The largest absolute Gasteiger partial charge is 0.366 e. The van der Waals surface area contributed by atoms with Gasteiger partial charge in [-0.25, -0.2) is 9.97 Å². The van der Waals surface area contributed by atoms with Crippen LogP contribution in [0, 0.1) is 0 Å². The third-order valence-electron chi connectivity index (χ3n) is 4.73. The minimum atomic E-state index is 0.327. The number of piperidine rings is 1. The van der Waals surface area contributed by atoms with Crippen LogP contribution in [-0.2, 0) is 6.54 Å². The second kappa shape index (κ2) is 6.84. The molecule has 0 saturated carbocycles. The van der Waals surface area contributed by atoms with Crippen LogP contribution in [0.25, 0.3) is 11.0 Å². The van der Waals surface area contributed by atoms with Gasteiger partial charge in [0.05, 0.1) is 23.7 Å². The first-order valence-electron chi connectivity index (χ1n) is 9.04. The number of H-pyrrole nitrogens is 2. The number of nitrogens with zero attached hydrogens (tertiary/aromatic N) is 4. The van der Waals surface area contributed by atoms with Gasteiger partial charge >= 0.3 is 0 Å². The van der Waals surface area contributed by atoms with Crippen LogP contribution in [0.2, 0.25) is 0 Å². The molecule has 0 aliphatic carbocycles. The Morgan fingerprint density at radius 1 is 1.32 bits per heavy atom. The Balaban J connectivity index is 1.60. The molecule has 7 nitrogen and oxygen atoms in total. The topological polar surface area (TPSA) is 85.5 Å². The highest BCUT2D eigenvalue weighted by atomic mass is 15.2. The van der Waals surface area contributed by atoms with E-state index in [-0.39, 0.29) is 0 Å². The van der Waals surface area contributed by atoms with Gasteiger partial charge in [-0.05, 0) is 45.4 Å². The molecule has 1 atom stereocenters. The fraction of sp³-hybridized carbons (Fsp3) is 0.500. The van der Waals surface area contributed by atoms with E-state index in [0.717, 1.165) is 47.9 Å². The molecule has 3 aromatic rings. The van der Waals surface area contributed by atoms with Crippen LogP contribution in [0.5, 0.6) is 0 Å². The molecule has 1 aliphatic heterocycles. The smallest absolute Gasteiger partial charge is 0.157 e. The molecule has 0 unspecified atom stereocenters. The van der Waals surface area contributed by atoms with Gasteiger partial charge < -0.3 is 10.3 Å². The summed E-state index contributed by atoms with van der Waals surface area (Å²) in [5.41, 5.74) is 1.96. The van der Waals surface area contributed by atoms with Crippen LogP contribution in [0.15, 0.2) is 24.5 Å². The summed E-state index contributed by atoms with van der Waals surface area (Å²) in [4.78, 5) is 14.9. The molecule has 3 aromatic heterocycles. The quantitative estimate of drug-likeness (QED) is 0.664. The Labute approximate surface area is 147 Å². The SMILES string of the molecule is CC(C)Nc1n[nH]c2nc([C@H]3CCCCN3Cc3ncc[nH]3)ccc12. The summed E-state index contributed by atoms with van der Waals surface area (Å²) in [6.45, 7) is 6.13.